The van der Waals surface area contributed by atoms with Crippen LogP contribution in [0.1, 0.15) is 107 Å². The maximum Gasteiger partial charge on any atom is 0.413 e. The topological polar surface area (TPSA) is 204 Å². The third-order valence-corrected chi connectivity index (χ3v) is 14.5. The van der Waals surface area contributed by atoms with Gasteiger partial charge in [-0.15, -0.1) is 0 Å². The van der Waals surface area contributed by atoms with Crippen molar-refractivity contribution in [2.24, 2.45) is 22.7 Å². The lowest BCUT2D eigenvalue weighted by molar-refractivity contribution is -0.393. The van der Waals surface area contributed by atoms with E-state index in [0.717, 1.165) is 0 Å². The number of ether oxygens (including phenoxy) is 10. The number of rotatable bonds is 11. The molecule has 2 N–H and O–H groups in total. The molecule has 1 amide bonds. The number of benzene rings is 1. The van der Waals surface area contributed by atoms with Crippen molar-refractivity contribution in [3.63, 3.8) is 0 Å². The van der Waals surface area contributed by atoms with Crippen molar-refractivity contribution in [3.05, 3.63) is 47.6 Å². The van der Waals surface area contributed by atoms with Crippen LogP contribution >= 0.6 is 0 Å². The van der Waals surface area contributed by atoms with E-state index in [2.05, 4.69) is 6.58 Å². The Balaban J connectivity index is 1.37. The van der Waals surface area contributed by atoms with Crippen LogP contribution in [0.4, 0.5) is 4.79 Å². The van der Waals surface area contributed by atoms with E-state index in [4.69, 9.17) is 47.4 Å². The summed E-state index contributed by atoms with van der Waals surface area (Å²) >= 11 is 0. The van der Waals surface area contributed by atoms with Crippen LogP contribution in [0.25, 0.3) is 0 Å². The van der Waals surface area contributed by atoms with Gasteiger partial charge in [0.2, 0.25) is 0 Å². The first kappa shape index (κ1) is 48.7. The normalized spacial score (nSPS) is 37.5. The van der Waals surface area contributed by atoms with Crippen LogP contribution in [0.5, 0.6) is 11.5 Å². The Kier molecular flexibility index (Phi) is 12.8. The van der Waals surface area contributed by atoms with Crippen molar-refractivity contribution >= 4 is 24.0 Å². The molecule has 5 fully saturated rings. The number of hydrogen-bond donors (Lipinski definition) is 2. The molecule has 0 aromatic heterocycles. The number of amides is 1. The largest absolute Gasteiger partial charge is 0.497 e. The van der Waals surface area contributed by atoms with Crippen LogP contribution in [0.3, 0.4) is 0 Å². The molecule has 0 radical (unpaired) electrons. The second kappa shape index (κ2) is 17.1. The second-order valence-electron chi connectivity index (χ2n) is 20.5. The number of aliphatic hydroxyl groups is 2. The standard InChI is InChI=1S/C48H67NO16/c1-15-34-61-32-20-33-48(22-58-33,64-26(6)51)38-39(52)47(45(10,11)55)21-31(24(4)35(47)37(59-25(5)50)40(62-34)46(32,38)12)60-42(53)36-29(18-23(2)3)49(43(54)65-44(7,8)9)41(63-36)28-17-16-27(56-13)19-30(28)57-14/h15-17,19,23,29,31-34,36-41,52,55H,1,18,20-22H2,2-14H3/t29?,31-,32-,33+,34?,36+,37-,38-,39-,40-,41?,46+,47-,48-/m0/s1. The molecule has 3 aliphatic carbocycles. The molecule has 3 aliphatic heterocycles. The van der Waals surface area contributed by atoms with E-state index in [1.54, 1.807) is 45.9 Å². The number of fused-ring (bicyclic) bond motifs is 3. The molecule has 3 saturated heterocycles. The molecule has 14 atom stereocenters. The fraction of sp³-hybridized carbons (Fsp3) is 0.708. The highest BCUT2D eigenvalue weighted by molar-refractivity contribution is 5.79. The Morgan fingerprint density at radius 1 is 1.00 bits per heavy atom. The molecule has 17 heteroatoms. The molecule has 2 saturated carbocycles. The highest BCUT2D eigenvalue weighted by Crippen LogP contribution is 2.69. The maximum absolute atomic E-state index is 15.1. The maximum atomic E-state index is 15.1. The molecule has 7 rings (SSSR count). The molecule has 1 aromatic carbocycles. The second-order valence-corrected chi connectivity index (χ2v) is 20.5. The fourth-order valence-electron chi connectivity index (χ4n) is 11.9. The zero-order valence-corrected chi connectivity index (χ0v) is 39.8. The molecule has 1 aromatic rings. The minimum atomic E-state index is -1.83. The summed E-state index contributed by atoms with van der Waals surface area (Å²) in [7, 11) is 2.99. The van der Waals surface area contributed by atoms with Crippen LogP contribution in [0.2, 0.25) is 0 Å². The van der Waals surface area contributed by atoms with Gasteiger partial charge in [0, 0.05) is 49.7 Å². The number of esters is 3. The molecule has 6 aliphatic rings. The van der Waals surface area contributed by atoms with Gasteiger partial charge in [0.05, 0.1) is 50.1 Å². The Morgan fingerprint density at radius 2 is 1.69 bits per heavy atom. The molecule has 360 valence electrons. The van der Waals surface area contributed by atoms with Crippen molar-refractivity contribution in [1.29, 1.82) is 0 Å². The third kappa shape index (κ3) is 7.90. The summed E-state index contributed by atoms with van der Waals surface area (Å²) in [6, 6.07) is 4.14. The van der Waals surface area contributed by atoms with E-state index in [-0.39, 0.29) is 25.4 Å². The average molecular weight is 914 g/mol. The van der Waals surface area contributed by atoms with Gasteiger partial charge >= 0.3 is 24.0 Å². The lowest BCUT2D eigenvalue weighted by atomic mass is 9.49. The van der Waals surface area contributed by atoms with Crippen LogP contribution < -0.4 is 9.47 Å². The zero-order chi connectivity index (χ0) is 47.9. The van der Waals surface area contributed by atoms with Gasteiger partial charge in [-0.3, -0.25) is 14.5 Å². The molecule has 3 unspecified atom stereocenters. The third-order valence-electron chi connectivity index (χ3n) is 14.5. The van der Waals surface area contributed by atoms with E-state index in [9.17, 15) is 24.6 Å². The number of carbonyl (C=O) groups excluding carboxylic acids is 4. The van der Waals surface area contributed by atoms with Gasteiger partial charge in [0.1, 0.15) is 35.4 Å². The first-order valence-corrected chi connectivity index (χ1v) is 22.4. The quantitative estimate of drug-likeness (QED) is 0.160. The van der Waals surface area contributed by atoms with Gasteiger partial charge < -0.3 is 57.6 Å². The van der Waals surface area contributed by atoms with Crippen molar-refractivity contribution in [2.75, 3.05) is 20.8 Å². The predicted octanol–water partition coefficient (Wildman–Crippen LogP) is 5.47. The molecule has 65 heavy (non-hydrogen) atoms. The number of aliphatic hydroxyl groups excluding tert-OH is 1. The SMILES string of the molecule is C=CC1O[C@H]2C[C@H]3OC[C@@]3(OC(C)=O)[C@H]3[C@H](O)[C@]4(C(C)(C)O)C[C@H](OC(=O)[C@@H]5OC(c6ccc(OC)cc6OC)N(C(=O)OC(C)(C)C)C5CC(C)C)C(C)=C4[C@H](OC(C)=O)[C@H](O1)[C@]23C. The van der Waals surface area contributed by atoms with Crippen molar-refractivity contribution in [1.82, 2.24) is 4.90 Å². The summed E-state index contributed by atoms with van der Waals surface area (Å²) in [4.78, 5) is 57.1. The molecule has 0 bridgehead atoms. The summed E-state index contributed by atoms with van der Waals surface area (Å²) in [6.45, 7) is 22.2. The smallest absolute Gasteiger partial charge is 0.413 e. The molecular formula is C48H67NO16. The fourth-order valence-corrected chi connectivity index (χ4v) is 11.9. The van der Waals surface area contributed by atoms with Gasteiger partial charge in [0.25, 0.3) is 0 Å². The van der Waals surface area contributed by atoms with E-state index < -0.39 is 119 Å². The van der Waals surface area contributed by atoms with Gasteiger partial charge in [-0.1, -0.05) is 27.4 Å². The molecular weight excluding hydrogens is 847 g/mol. The van der Waals surface area contributed by atoms with Crippen LogP contribution in [-0.4, -0.2) is 132 Å². The first-order chi connectivity index (χ1) is 30.3. The van der Waals surface area contributed by atoms with Gasteiger partial charge in [-0.25, -0.2) is 9.59 Å². The van der Waals surface area contributed by atoms with Crippen LogP contribution in [-0.2, 0) is 52.3 Å². The Bertz CT molecular complexity index is 2090. The highest BCUT2D eigenvalue weighted by atomic mass is 16.7. The molecule has 0 spiro atoms. The molecule has 17 nitrogen and oxygen atoms in total. The minimum Gasteiger partial charge on any atom is -0.497 e. The van der Waals surface area contributed by atoms with E-state index in [1.165, 1.54) is 52.9 Å². The summed E-state index contributed by atoms with van der Waals surface area (Å²) in [5.74, 6) is -2.37. The predicted molar refractivity (Wildman–Crippen MR) is 230 cm³/mol. The highest BCUT2D eigenvalue weighted by Gasteiger charge is 2.80. The van der Waals surface area contributed by atoms with Crippen LogP contribution in [0, 0.1) is 22.7 Å². The average Bonchev–Trinajstić information content (AvgIpc) is 3.70. The van der Waals surface area contributed by atoms with E-state index in [0.29, 0.717) is 34.6 Å². The van der Waals surface area contributed by atoms with E-state index in [1.807, 2.05) is 20.8 Å². The van der Waals surface area contributed by atoms with Gasteiger partial charge in [-0.2, -0.15) is 0 Å². The summed E-state index contributed by atoms with van der Waals surface area (Å²) in [5.41, 5.74) is -6.01. The lowest BCUT2D eigenvalue weighted by Gasteiger charge is -2.67. The minimum absolute atomic E-state index is 0.0447. The summed E-state index contributed by atoms with van der Waals surface area (Å²) in [5, 5.41) is 26.1. The number of hydrogen-bond acceptors (Lipinski definition) is 16. The van der Waals surface area contributed by atoms with Crippen molar-refractivity contribution in [2.45, 2.75) is 174 Å². The summed E-state index contributed by atoms with van der Waals surface area (Å²) < 4.78 is 62.0. The monoisotopic (exact) mass is 913 g/mol. The Morgan fingerprint density at radius 3 is 2.23 bits per heavy atom. The van der Waals surface area contributed by atoms with Crippen molar-refractivity contribution < 1.29 is 76.8 Å². The van der Waals surface area contributed by atoms with Crippen molar-refractivity contribution in [3.8, 4) is 11.5 Å². The summed E-state index contributed by atoms with van der Waals surface area (Å²) in [6.07, 6.45) is -8.89. The lowest BCUT2D eigenvalue weighted by Crippen LogP contribution is -2.80. The molecule has 3 heterocycles. The van der Waals surface area contributed by atoms with Crippen LogP contribution in [0.15, 0.2) is 42.0 Å². The Labute approximate surface area is 380 Å². The number of carbonyl (C=O) groups is 4. The van der Waals surface area contributed by atoms with Gasteiger partial charge in [0.15, 0.2) is 30.3 Å². The number of methoxy groups -OCH3 is 2. The first-order valence-electron chi connectivity index (χ1n) is 22.4. The van der Waals surface area contributed by atoms with E-state index >= 15 is 4.79 Å². The van der Waals surface area contributed by atoms with Gasteiger partial charge in [-0.05, 0) is 83.2 Å². The Hall–Kier alpha value is -4.26. The zero-order valence-electron chi connectivity index (χ0n) is 39.8. The number of nitrogens with zero attached hydrogens (tertiary/aromatic N) is 1.